The van der Waals surface area contributed by atoms with Crippen LogP contribution < -0.4 is 4.74 Å². The van der Waals surface area contributed by atoms with Crippen molar-refractivity contribution in [1.29, 1.82) is 0 Å². The van der Waals surface area contributed by atoms with E-state index in [1.165, 1.54) is 25.7 Å². The molecule has 0 spiro atoms. The predicted molar refractivity (Wildman–Crippen MR) is 76.9 cm³/mol. The van der Waals surface area contributed by atoms with E-state index in [4.69, 9.17) is 4.74 Å². The maximum Gasteiger partial charge on any atom is 0.318 e. The lowest BCUT2D eigenvalue weighted by molar-refractivity contribution is 0.246. The molecule has 1 aliphatic rings. The van der Waals surface area contributed by atoms with E-state index in [2.05, 4.69) is 30.8 Å². The van der Waals surface area contributed by atoms with Gasteiger partial charge in [-0.25, -0.2) is 4.98 Å². The van der Waals surface area contributed by atoms with Gasteiger partial charge in [-0.3, -0.25) is 4.68 Å². The van der Waals surface area contributed by atoms with Crippen LogP contribution in [0.15, 0.2) is 12.4 Å². The maximum atomic E-state index is 5.55. The van der Waals surface area contributed by atoms with Gasteiger partial charge >= 0.3 is 6.01 Å². The van der Waals surface area contributed by atoms with Crippen molar-refractivity contribution in [3.63, 3.8) is 0 Å². The van der Waals surface area contributed by atoms with Gasteiger partial charge in [-0.1, -0.05) is 12.8 Å². The normalized spacial score (nSPS) is 16.4. The first-order valence-electron chi connectivity index (χ1n) is 7.22. The Morgan fingerprint density at radius 1 is 1.35 bits per heavy atom. The molecule has 0 N–H and O–H groups in total. The van der Waals surface area contributed by atoms with Crippen molar-refractivity contribution in [1.82, 2.24) is 24.6 Å². The van der Waals surface area contributed by atoms with Gasteiger partial charge in [0, 0.05) is 18.9 Å². The standard InChI is InChI=1S/C14H21N5O/c1-18(2)7-8-20-14-15-9-11-10-19(17-13(11)16-14)12-5-3-4-6-12/h9-10,12H,3-8H2,1-2H3. The summed E-state index contributed by atoms with van der Waals surface area (Å²) in [4.78, 5) is 10.7. The molecule has 0 saturated heterocycles. The molecule has 3 rings (SSSR count). The van der Waals surface area contributed by atoms with Crippen LogP contribution in [-0.2, 0) is 0 Å². The molecular weight excluding hydrogens is 254 g/mol. The first-order chi connectivity index (χ1) is 9.72. The van der Waals surface area contributed by atoms with E-state index in [0.717, 1.165) is 17.6 Å². The molecular formula is C14H21N5O. The fourth-order valence-corrected chi connectivity index (χ4v) is 2.56. The number of ether oxygens (including phenoxy) is 1. The lowest BCUT2D eigenvalue weighted by Gasteiger charge is -2.09. The molecule has 20 heavy (non-hydrogen) atoms. The summed E-state index contributed by atoms with van der Waals surface area (Å²) in [5, 5.41) is 5.56. The summed E-state index contributed by atoms with van der Waals surface area (Å²) in [5.41, 5.74) is 0.728. The Labute approximate surface area is 118 Å². The van der Waals surface area contributed by atoms with Crippen molar-refractivity contribution < 1.29 is 4.74 Å². The first kappa shape index (κ1) is 13.3. The summed E-state index contributed by atoms with van der Waals surface area (Å²) in [6, 6.07) is 0.943. The monoisotopic (exact) mass is 275 g/mol. The number of rotatable bonds is 5. The van der Waals surface area contributed by atoms with Crippen molar-refractivity contribution in [2.45, 2.75) is 31.7 Å². The van der Waals surface area contributed by atoms with Gasteiger partial charge in [0.2, 0.25) is 0 Å². The van der Waals surface area contributed by atoms with Crippen LogP contribution in [0.1, 0.15) is 31.7 Å². The molecule has 0 atom stereocenters. The smallest absolute Gasteiger partial charge is 0.318 e. The Morgan fingerprint density at radius 3 is 2.90 bits per heavy atom. The van der Waals surface area contributed by atoms with E-state index in [9.17, 15) is 0 Å². The van der Waals surface area contributed by atoms with Crippen LogP contribution >= 0.6 is 0 Å². The fraction of sp³-hybridized carbons (Fsp3) is 0.643. The molecule has 0 amide bonds. The zero-order valence-electron chi connectivity index (χ0n) is 12.1. The zero-order valence-corrected chi connectivity index (χ0v) is 12.1. The molecule has 1 aliphatic carbocycles. The Hall–Kier alpha value is -1.69. The Balaban J connectivity index is 1.73. The average Bonchev–Trinajstić information content (AvgIpc) is 3.06. The van der Waals surface area contributed by atoms with E-state index in [1.807, 2.05) is 14.1 Å². The van der Waals surface area contributed by atoms with Crippen molar-refractivity contribution in [2.24, 2.45) is 0 Å². The molecule has 1 saturated carbocycles. The van der Waals surface area contributed by atoms with Crippen molar-refractivity contribution in [2.75, 3.05) is 27.2 Å². The van der Waals surface area contributed by atoms with E-state index < -0.39 is 0 Å². The number of nitrogens with zero attached hydrogens (tertiary/aromatic N) is 5. The Bertz CT molecular complexity index is 574. The summed E-state index contributed by atoms with van der Waals surface area (Å²) in [6.45, 7) is 1.43. The van der Waals surface area contributed by atoms with Gasteiger partial charge in [0.1, 0.15) is 6.61 Å². The van der Waals surface area contributed by atoms with Crippen LogP contribution in [0.2, 0.25) is 0 Å². The molecule has 1 fully saturated rings. The molecule has 108 valence electrons. The van der Waals surface area contributed by atoms with Gasteiger partial charge in [-0.2, -0.15) is 10.1 Å². The molecule has 0 aromatic carbocycles. The second-order valence-corrected chi connectivity index (χ2v) is 5.63. The van der Waals surface area contributed by atoms with Gasteiger partial charge in [-0.05, 0) is 26.9 Å². The Morgan fingerprint density at radius 2 is 2.15 bits per heavy atom. The average molecular weight is 275 g/mol. The van der Waals surface area contributed by atoms with Crippen LogP contribution in [0, 0.1) is 0 Å². The third kappa shape index (κ3) is 2.90. The topological polar surface area (TPSA) is 56.1 Å². The minimum Gasteiger partial charge on any atom is -0.462 e. The highest BCUT2D eigenvalue weighted by atomic mass is 16.5. The fourth-order valence-electron chi connectivity index (χ4n) is 2.56. The van der Waals surface area contributed by atoms with Gasteiger partial charge in [0.25, 0.3) is 0 Å². The summed E-state index contributed by atoms with van der Waals surface area (Å²) < 4.78 is 7.60. The van der Waals surface area contributed by atoms with Crippen LogP contribution in [0.5, 0.6) is 6.01 Å². The van der Waals surface area contributed by atoms with Gasteiger partial charge < -0.3 is 9.64 Å². The highest BCUT2D eigenvalue weighted by molar-refractivity contribution is 5.72. The zero-order chi connectivity index (χ0) is 13.9. The molecule has 6 heteroatoms. The second-order valence-electron chi connectivity index (χ2n) is 5.63. The van der Waals surface area contributed by atoms with Crippen molar-refractivity contribution >= 4 is 11.0 Å². The van der Waals surface area contributed by atoms with Crippen LogP contribution in [0.25, 0.3) is 11.0 Å². The molecule has 0 aliphatic heterocycles. The maximum absolute atomic E-state index is 5.55. The second kappa shape index (κ2) is 5.75. The summed E-state index contributed by atoms with van der Waals surface area (Å²) in [5.74, 6) is 0. The SMILES string of the molecule is CN(C)CCOc1ncc2cn(C3CCCC3)nc2n1. The molecule has 2 aromatic heterocycles. The third-order valence-corrected chi connectivity index (χ3v) is 3.72. The summed E-state index contributed by atoms with van der Waals surface area (Å²) in [7, 11) is 4.02. The number of hydrogen-bond acceptors (Lipinski definition) is 5. The molecule has 6 nitrogen and oxygen atoms in total. The van der Waals surface area contributed by atoms with Crippen molar-refractivity contribution in [3.8, 4) is 6.01 Å². The van der Waals surface area contributed by atoms with E-state index >= 15 is 0 Å². The van der Waals surface area contributed by atoms with Crippen LogP contribution in [0.3, 0.4) is 0 Å². The van der Waals surface area contributed by atoms with Gasteiger partial charge in [-0.15, -0.1) is 0 Å². The first-order valence-corrected chi connectivity index (χ1v) is 7.22. The van der Waals surface area contributed by atoms with E-state index in [1.54, 1.807) is 6.20 Å². The largest absolute Gasteiger partial charge is 0.462 e. The minimum atomic E-state index is 0.413. The molecule has 0 bridgehead atoms. The number of fused-ring (bicyclic) bond motifs is 1. The van der Waals surface area contributed by atoms with Crippen LogP contribution in [-0.4, -0.2) is 51.9 Å². The lowest BCUT2D eigenvalue weighted by atomic mass is 10.3. The van der Waals surface area contributed by atoms with Crippen LogP contribution in [0.4, 0.5) is 0 Å². The quantitative estimate of drug-likeness (QED) is 0.834. The molecule has 2 heterocycles. The lowest BCUT2D eigenvalue weighted by Crippen LogP contribution is -2.20. The highest BCUT2D eigenvalue weighted by Gasteiger charge is 2.18. The number of hydrogen-bond donors (Lipinski definition) is 0. The predicted octanol–water partition coefficient (Wildman–Crippen LogP) is 1.88. The molecule has 0 radical (unpaired) electrons. The summed E-state index contributed by atoms with van der Waals surface area (Å²) in [6.07, 6.45) is 8.87. The van der Waals surface area contributed by atoms with Gasteiger partial charge in [0.15, 0.2) is 5.65 Å². The number of aromatic nitrogens is 4. The van der Waals surface area contributed by atoms with Gasteiger partial charge in [0.05, 0.1) is 11.4 Å². The molecule has 2 aromatic rings. The molecule has 0 unspecified atom stereocenters. The highest BCUT2D eigenvalue weighted by Crippen LogP contribution is 2.29. The van der Waals surface area contributed by atoms with Crippen molar-refractivity contribution in [3.05, 3.63) is 12.4 Å². The van der Waals surface area contributed by atoms with E-state index in [-0.39, 0.29) is 0 Å². The summed E-state index contributed by atoms with van der Waals surface area (Å²) >= 11 is 0. The Kier molecular flexibility index (Phi) is 3.82. The minimum absolute atomic E-state index is 0.413. The van der Waals surface area contributed by atoms with E-state index in [0.29, 0.717) is 18.7 Å². The number of likely N-dealkylation sites (N-methyl/N-ethyl adjacent to an activating group) is 1. The third-order valence-electron chi connectivity index (χ3n) is 3.72.